The van der Waals surface area contributed by atoms with Gasteiger partial charge in [-0.2, -0.15) is 4.31 Å². The molecule has 0 saturated carbocycles. The van der Waals surface area contributed by atoms with Crippen molar-refractivity contribution in [2.45, 2.75) is 31.6 Å². The highest BCUT2D eigenvalue weighted by Crippen LogP contribution is 2.27. The van der Waals surface area contributed by atoms with Gasteiger partial charge in [0.15, 0.2) is 9.84 Å². The van der Waals surface area contributed by atoms with Crippen LogP contribution in [0.2, 0.25) is 0 Å². The van der Waals surface area contributed by atoms with E-state index in [1.165, 1.54) is 4.31 Å². The monoisotopic (exact) mass is 457 g/mol. The number of sulfonamides is 1. The summed E-state index contributed by atoms with van der Waals surface area (Å²) in [6, 6.07) is 9.11. The lowest BCUT2D eigenvalue weighted by atomic mass is 10.0. The van der Waals surface area contributed by atoms with Gasteiger partial charge >= 0.3 is 0 Å². The van der Waals surface area contributed by atoms with E-state index in [9.17, 15) is 21.6 Å². The molecule has 0 radical (unpaired) electrons. The summed E-state index contributed by atoms with van der Waals surface area (Å²) < 4.78 is 50.7. The normalized spacial score (nSPS) is 23.9. The molecule has 0 spiro atoms. The van der Waals surface area contributed by atoms with Gasteiger partial charge in [-0.1, -0.05) is 30.3 Å². The zero-order chi connectivity index (χ0) is 21.9. The fourth-order valence-corrected chi connectivity index (χ4v) is 8.79. The first-order chi connectivity index (χ1) is 14.2. The van der Waals surface area contributed by atoms with Crippen LogP contribution in [0.15, 0.2) is 30.3 Å². The molecule has 1 aromatic carbocycles. The Bertz CT molecular complexity index is 938. The first-order valence-corrected chi connectivity index (χ1v) is 13.8. The van der Waals surface area contributed by atoms with Crippen molar-refractivity contribution >= 4 is 25.8 Å². The second kappa shape index (κ2) is 9.33. The number of piperazine rings is 1. The summed E-state index contributed by atoms with van der Waals surface area (Å²) in [5.74, 6) is -0.335. The highest BCUT2D eigenvalue weighted by molar-refractivity contribution is 7.95. The first kappa shape index (κ1) is 23.2. The Kier molecular flexibility index (Phi) is 7.21. The summed E-state index contributed by atoms with van der Waals surface area (Å²) in [5.41, 5.74) is 0.896. The molecule has 8 nitrogen and oxygen atoms in total. The lowest BCUT2D eigenvalue weighted by Crippen LogP contribution is -2.54. The molecule has 2 aliphatic heterocycles. The van der Waals surface area contributed by atoms with Crippen LogP contribution in [-0.2, 0) is 24.7 Å². The fraction of sp³-hybridized carbons (Fsp3) is 0.650. The van der Waals surface area contributed by atoms with Crippen LogP contribution in [0, 0.1) is 0 Å². The number of benzene rings is 1. The molecule has 0 N–H and O–H groups in total. The number of rotatable bonds is 7. The molecule has 2 fully saturated rings. The fourth-order valence-electron chi connectivity index (χ4n) is 4.28. The lowest BCUT2D eigenvalue weighted by Gasteiger charge is -2.40. The average Bonchev–Trinajstić information content (AvgIpc) is 3.11. The largest absolute Gasteiger partial charge is 0.342 e. The minimum atomic E-state index is -3.66. The van der Waals surface area contributed by atoms with Crippen molar-refractivity contribution in [1.29, 1.82) is 0 Å². The van der Waals surface area contributed by atoms with E-state index in [-0.39, 0.29) is 36.9 Å². The van der Waals surface area contributed by atoms with Crippen molar-refractivity contribution in [1.82, 2.24) is 14.1 Å². The van der Waals surface area contributed by atoms with Gasteiger partial charge in [0.25, 0.3) is 0 Å². The molecule has 30 heavy (non-hydrogen) atoms. The molecular formula is C20H31N3O5S2. The molecule has 10 heteroatoms. The van der Waals surface area contributed by atoms with Crippen LogP contribution in [0.25, 0.3) is 0 Å². The predicted molar refractivity (Wildman–Crippen MR) is 116 cm³/mol. The Morgan fingerprint density at radius 2 is 1.70 bits per heavy atom. The molecule has 1 aromatic rings. The number of hydrogen-bond donors (Lipinski definition) is 0. The molecule has 2 saturated heterocycles. The van der Waals surface area contributed by atoms with Gasteiger partial charge in [-0.15, -0.1) is 0 Å². The molecular weight excluding hydrogens is 426 g/mol. The van der Waals surface area contributed by atoms with Crippen molar-refractivity contribution in [3.63, 3.8) is 0 Å². The minimum absolute atomic E-state index is 0.0180. The Morgan fingerprint density at radius 3 is 2.20 bits per heavy atom. The zero-order valence-electron chi connectivity index (χ0n) is 17.6. The minimum Gasteiger partial charge on any atom is -0.342 e. The van der Waals surface area contributed by atoms with Crippen molar-refractivity contribution in [2.24, 2.45) is 0 Å². The number of hydrogen-bond acceptors (Lipinski definition) is 6. The van der Waals surface area contributed by atoms with E-state index in [1.54, 1.807) is 4.90 Å². The molecule has 0 bridgehead atoms. The van der Waals surface area contributed by atoms with E-state index in [4.69, 9.17) is 0 Å². The summed E-state index contributed by atoms with van der Waals surface area (Å²) >= 11 is 0. The third-order valence-corrected chi connectivity index (χ3v) is 10.3. The van der Waals surface area contributed by atoms with Crippen molar-refractivity contribution in [3.8, 4) is 0 Å². The molecule has 0 aliphatic carbocycles. The Balaban J connectivity index is 1.75. The topological polar surface area (TPSA) is 95.1 Å². The van der Waals surface area contributed by atoms with Gasteiger partial charge in [0, 0.05) is 39.3 Å². The quantitative estimate of drug-likeness (QED) is 0.599. The third kappa shape index (κ3) is 4.87. The first-order valence-electron chi connectivity index (χ1n) is 10.5. The number of likely N-dealkylation sites (N-methyl/N-ethyl adjacent to an activating group) is 1. The Morgan fingerprint density at radius 1 is 1.10 bits per heavy atom. The van der Waals surface area contributed by atoms with Crippen molar-refractivity contribution in [2.75, 3.05) is 50.8 Å². The van der Waals surface area contributed by atoms with Crippen LogP contribution in [0.1, 0.15) is 31.9 Å². The van der Waals surface area contributed by atoms with Gasteiger partial charge in [0.05, 0.1) is 16.8 Å². The molecule has 168 valence electrons. The molecule has 2 heterocycles. The number of carbonyl (C=O) groups excluding carboxylic acids is 1. The van der Waals surface area contributed by atoms with Crippen LogP contribution in [0.3, 0.4) is 0 Å². The van der Waals surface area contributed by atoms with E-state index in [0.29, 0.717) is 26.2 Å². The molecule has 1 amide bonds. The van der Waals surface area contributed by atoms with E-state index in [1.807, 2.05) is 49.1 Å². The van der Waals surface area contributed by atoms with Gasteiger partial charge in [0.1, 0.15) is 6.04 Å². The van der Waals surface area contributed by atoms with Crippen LogP contribution in [0.5, 0.6) is 0 Å². The van der Waals surface area contributed by atoms with Crippen LogP contribution in [-0.4, -0.2) is 92.9 Å². The summed E-state index contributed by atoms with van der Waals surface area (Å²) in [6.07, 6.45) is 0.165. The maximum Gasteiger partial charge on any atom is 0.244 e. The highest BCUT2D eigenvalue weighted by Gasteiger charge is 2.42. The van der Waals surface area contributed by atoms with Gasteiger partial charge in [0.2, 0.25) is 15.9 Å². The molecule has 2 aliphatic rings. The molecule has 2 atom stereocenters. The van der Waals surface area contributed by atoms with E-state index < -0.39 is 31.2 Å². The van der Waals surface area contributed by atoms with Crippen molar-refractivity contribution in [3.05, 3.63) is 35.9 Å². The van der Waals surface area contributed by atoms with E-state index >= 15 is 0 Å². The Hall–Kier alpha value is -1.49. The molecule has 3 rings (SSSR count). The van der Waals surface area contributed by atoms with Crippen LogP contribution in [0.4, 0.5) is 0 Å². The van der Waals surface area contributed by atoms with E-state index in [2.05, 4.69) is 0 Å². The number of carbonyl (C=O) groups is 1. The lowest BCUT2D eigenvalue weighted by molar-refractivity contribution is -0.137. The average molecular weight is 458 g/mol. The van der Waals surface area contributed by atoms with Gasteiger partial charge < -0.3 is 4.90 Å². The summed E-state index contributed by atoms with van der Waals surface area (Å²) in [6.45, 7) is 6.48. The summed E-state index contributed by atoms with van der Waals surface area (Å²) in [7, 11) is -6.93. The van der Waals surface area contributed by atoms with Crippen LogP contribution >= 0.6 is 0 Å². The predicted octanol–water partition coefficient (Wildman–Crippen LogP) is 0.731. The highest BCUT2D eigenvalue weighted by atomic mass is 32.2. The second-order valence-corrected chi connectivity index (χ2v) is 12.3. The Labute approximate surface area is 179 Å². The number of amides is 1. The maximum absolute atomic E-state index is 13.3. The smallest absolute Gasteiger partial charge is 0.244 e. The summed E-state index contributed by atoms with van der Waals surface area (Å²) in [5, 5.41) is -0.851. The van der Waals surface area contributed by atoms with Gasteiger partial charge in [-0.05, 0) is 25.8 Å². The van der Waals surface area contributed by atoms with Gasteiger partial charge in [-0.25, -0.2) is 16.8 Å². The number of nitrogens with zero attached hydrogens (tertiary/aromatic N) is 3. The number of sulfone groups is 1. The zero-order valence-corrected chi connectivity index (χ0v) is 19.2. The van der Waals surface area contributed by atoms with E-state index in [0.717, 1.165) is 5.56 Å². The maximum atomic E-state index is 13.3. The summed E-state index contributed by atoms with van der Waals surface area (Å²) in [4.78, 5) is 17.1. The van der Waals surface area contributed by atoms with Crippen molar-refractivity contribution < 1.29 is 21.6 Å². The van der Waals surface area contributed by atoms with Crippen LogP contribution < -0.4 is 0 Å². The SMILES string of the molecule is CCN(CC)C(=O)[C@@H](c1ccccc1)N1CCN(S(=O)(=O)[C@H]2CCS(=O)(=O)C2)CC1. The molecule has 0 unspecified atom stereocenters. The molecule has 0 aromatic heterocycles. The second-order valence-electron chi connectivity index (χ2n) is 7.83. The standard InChI is InChI=1S/C20H31N3O5S2/c1-3-21(4-2)20(24)19(17-8-6-5-7-9-17)22-11-13-23(14-12-22)30(27,28)18-10-15-29(25,26)16-18/h5-9,18-19H,3-4,10-16H2,1-2H3/t18-,19+/m0/s1. The third-order valence-electron chi connectivity index (χ3n) is 6.03. The van der Waals surface area contributed by atoms with Gasteiger partial charge in [-0.3, -0.25) is 9.69 Å².